The highest BCUT2D eigenvalue weighted by atomic mass is 15.3. The number of fused-ring (bicyclic) bond motifs is 1. The van der Waals surface area contributed by atoms with Gasteiger partial charge in [0.25, 0.3) is 0 Å². The second-order valence-corrected chi connectivity index (χ2v) is 8.10. The number of rotatable bonds is 3. The van der Waals surface area contributed by atoms with Crippen LogP contribution < -0.4 is 5.73 Å². The Kier molecular flexibility index (Phi) is 5.14. The fourth-order valence-electron chi connectivity index (χ4n) is 3.72. The fraction of sp³-hybridized carbons (Fsp3) is 0.650. The molecule has 2 heterocycles. The normalized spacial score (nSPS) is 21.0. The summed E-state index contributed by atoms with van der Waals surface area (Å²) in [4.78, 5) is 9.55. The SMILES string of the molecule is CC1CCN(C(N)=NCC(C)(C)N2CCc3ccccc3C2)CC1. The quantitative estimate of drug-likeness (QED) is 0.685. The second-order valence-electron chi connectivity index (χ2n) is 8.10. The van der Waals surface area contributed by atoms with Crippen LogP contribution in [0.4, 0.5) is 0 Å². The van der Waals surface area contributed by atoms with Gasteiger partial charge in [0.1, 0.15) is 0 Å². The van der Waals surface area contributed by atoms with Gasteiger partial charge in [-0.05, 0) is 50.2 Å². The monoisotopic (exact) mass is 328 g/mol. The number of hydrogen-bond donors (Lipinski definition) is 1. The highest BCUT2D eigenvalue weighted by molar-refractivity contribution is 5.78. The van der Waals surface area contributed by atoms with Gasteiger partial charge in [-0.2, -0.15) is 0 Å². The molecule has 132 valence electrons. The Morgan fingerprint density at radius 3 is 2.54 bits per heavy atom. The molecule has 2 N–H and O–H groups in total. The van der Waals surface area contributed by atoms with Crippen molar-refractivity contribution < 1.29 is 0 Å². The molecule has 3 rings (SSSR count). The lowest BCUT2D eigenvalue weighted by Crippen LogP contribution is -2.49. The molecule has 0 unspecified atom stereocenters. The number of benzene rings is 1. The first-order valence-corrected chi connectivity index (χ1v) is 9.32. The molecule has 4 heteroatoms. The van der Waals surface area contributed by atoms with Crippen molar-refractivity contribution in [3.05, 3.63) is 35.4 Å². The summed E-state index contributed by atoms with van der Waals surface area (Å²) in [5.41, 5.74) is 9.25. The maximum absolute atomic E-state index is 6.26. The zero-order chi connectivity index (χ0) is 17.2. The third-order valence-corrected chi connectivity index (χ3v) is 5.72. The van der Waals surface area contributed by atoms with E-state index in [1.54, 1.807) is 0 Å². The van der Waals surface area contributed by atoms with Crippen LogP contribution >= 0.6 is 0 Å². The van der Waals surface area contributed by atoms with E-state index in [4.69, 9.17) is 10.7 Å². The van der Waals surface area contributed by atoms with Crippen LogP contribution in [-0.2, 0) is 13.0 Å². The Hall–Kier alpha value is -1.55. The minimum atomic E-state index is 0.0290. The van der Waals surface area contributed by atoms with Crippen molar-refractivity contribution in [2.45, 2.75) is 52.1 Å². The molecule has 4 nitrogen and oxygen atoms in total. The Balaban J connectivity index is 1.61. The number of hydrogen-bond acceptors (Lipinski definition) is 2. The molecule has 2 aliphatic rings. The summed E-state index contributed by atoms with van der Waals surface area (Å²) in [5, 5.41) is 0. The third-order valence-electron chi connectivity index (χ3n) is 5.72. The minimum Gasteiger partial charge on any atom is -0.370 e. The van der Waals surface area contributed by atoms with E-state index < -0.39 is 0 Å². The third kappa shape index (κ3) is 3.92. The molecule has 0 aromatic heterocycles. The highest BCUT2D eigenvalue weighted by Crippen LogP contribution is 2.25. The topological polar surface area (TPSA) is 44.9 Å². The molecule has 1 aromatic rings. The summed E-state index contributed by atoms with van der Waals surface area (Å²) in [5.74, 6) is 1.55. The molecular weight excluding hydrogens is 296 g/mol. The van der Waals surface area contributed by atoms with Crippen molar-refractivity contribution in [2.24, 2.45) is 16.6 Å². The van der Waals surface area contributed by atoms with Gasteiger partial charge >= 0.3 is 0 Å². The van der Waals surface area contributed by atoms with Gasteiger partial charge in [-0.3, -0.25) is 9.89 Å². The van der Waals surface area contributed by atoms with Crippen LogP contribution in [0.1, 0.15) is 44.7 Å². The first kappa shape index (κ1) is 17.3. The molecule has 0 amide bonds. The molecule has 0 atom stereocenters. The smallest absolute Gasteiger partial charge is 0.191 e. The maximum atomic E-state index is 6.26. The van der Waals surface area contributed by atoms with Gasteiger partial charge in [-0.15, -0.1) is 0 Å². The molecule has 2 aliphatic heterocycles. The maximum Gasteiger partial charge on any atom is 0.191 e. The second kappa shape index (κ2) is 7.14. The van der Waals surface area contributed by atoms with Gasteiger partial charge in [0.15, 0.2) is 5.96 Å². The van der Waals surface area contributed by atoms with Crippen molar-refractivity contribution in [2.75, 3.05) is 26.2 Å². The van der Waals surface area contributed by atoms with Crippen LogP contribution in [0.25, 0.3) is 0 Å². The number of nitrogens with zero attached hydrogens (tertiary/aromatic N) is 3. The van der Waals surface area contributed by atoms with E-state index in [0.29, 0.717) is 0 Å². The van der Waals surface area contributed by atoms with Crippen molar-refractivity contribution in [1.29, 1.82) is 0 Å². The van der Waals surface area contributed by atoms with Crippen molar-refractivity contribution in [3.63, 3.8) is 0 Å². The number of guanidine groups is 1. The lowest BCUT2D eigenvalue weighted by molar-refractivity contribution is 0.111. The Morgan fingerprint density at radius 1 is 1.17 bits per heavy atom. The Morgan fingerprint density at radius 2 is 1.83 bits per heavy atom. The van der Waals surface area contributed by atoms with Crippen molar-refractivity contribution in [3.8, 4) is 0 Å². The van der Waals surface area contributed by atoms with Crippen LogP contribution in [0.3, 0.4) is 0 Å². The zero-order valence-corrected chi connectivity index (χ0v) is 15.5. The molecule has 1 saturated heterocycles. The summed E-state index contributed by atoms with van der Waals surface area (Å²) in [6.45, 7) is 11.9. The van der Waals surface area contributed by atoms with Gasteiger partial charge in [-0.25, -0.2) is 0 Å². The molecule has 24 heavy (non-hydrogen) atoms. The first-order valence-electron chi connectivity index (χ1n) is 9.32. The molecule has 1 aromatic carbocycles. The van der Waals surface area contributed by atoms with E-state index in [-0.39, 0.29) is 5.54 Å². The van der Waals surface area contributed by atoms with Gasteiger partial charge in [0.05, 0.1) is 6.54 Å². The molecule has 1 fully saturated rings. The average Bonchev–Trinajstić information content (AvgIpc) is 2.60. The average molecular weight is 329 g/mol. The number of nitrogens with two attached hydrogens (primary N) is 1. The molecule has 0 saturated carbocycles. The first-order chi connectivity index (χ1) is 11.5. The molecule has 0 spiro atoms. The summed E-state index contributed by atoms with van der Waals surface area (Å²) in [6, 6.07) is 8.80. The van der Waals surface area contributed by atoms with Crippen LogP contribution in [0.15, 0.2) is 29.3 Å². The van der Waals surface area contributed by atoms with E-state index in [1.807, 2.05) is 0 Å². The Labute approximate surface area is 146 Å². The number of piperidine rings is 1. The standard InChI is InChI=1S/C20H32N4/c1-16-8-11-23(12-9-16)19(21)22-15-20(2,3)24-13-10-17-6-4-5-7-18(17)14-24/h4-7,16H,8-15H2,1-3H3,(H2,21,22). The molecule has 0 aliphatic carbocycles. The lowest BCUT2D eigenvalue weighted by Gasteiger charge is -2.41. The van der Waals surface area contributed by atoms with E-state index >= 15 is 0 Å². The van der Waals surface area contributed by atoms with Gasteiger partial charge in [0.2, 0.25) is 0 Å². The van der Waals surface area contributed by atoms with E-state index in [9.17, 15) is 0 Å². The van der Waals surface area contributed by atoms with Crippen LogP contribution in [0.2, 0.25) is 0 Å². The summed E-state index contributed by atoms with van der Waals surface area (Å²) >= 11 is 0. The molecule has 0 bridgehead atoms. The predicted octanol–water partition coefficient (Wildman–Crippen LogP) is 2.87. The predicted molar refractivity (Wildman–Crippen MR) is 101 cm³/mol. The van der Waals surface area contributed by atoms with Gasteiger partial charge in [-0.1, -0.05) is 31.2 Å². The van der Waals surface area contributed by atoms with Crippen molar-refractivity contribution in [1.82, 2.24) is 9.80 Å². The van der Waals surface area contributed by atoms with Gasteiger partial charge < -0.3 is 10.6 Å². The van der Waals surface area contributed by atoms with E-state index in [2.05, 4.69) is 54.8 Å². The number of likely N-dealkylation sites (tertiary alicyclic amines) is 1. The Bertz CT molecular complexity index is 585. The van der Waals surface area contributed by atoms with Crippen molar-refractivity contribution >= 4 is 5.96 Å². The largest absolute Gasteiger partial charge is 0.370 e. The van der Waals surface area contributed by atoms with Crippen LogP contribution in [0, 0.1) is 5.92 Å². The minimum absolute atomic E-state index is 0.0290. The summed E-state index contributed by atoms with van der Waals surface area (Å²) in [7, 11) is 0. The molecule has 0 radical (unpaired) electrons. The summed E-state index contributed by atoms with van der Waals surface area (Å²) < 4.78 is 0. The molecular formula is C20H32N4. The van der Waals surface area contributed by atoms with Crippen LogP contribution in [0.5, 0.6) is 0 Å². The summed E-state index contributed by atoms with van der Waals surface area (Å²) in [6.07, 6.45) is 3.58. The zero-order valence-electron chi connectivity index (χ0n) is 15.5. The highest BCUT2D eigenvalue weighted by Gasteiger charge is 2.30. The number of aliphatic imine (C=N–C) groups is 1. The van der Waals surface area contributed by atoms with Gasteiger partial charge in [0, 0.05) is 31.7 Å². The van der Waals surface area contributed by atoms with Crippen LogP contribution in [-0.4, -0.2) is 47.5 Å². The fourth-order valence-corrected chi connectivity index (χ4v) is 3.72. The van der Waals surface area contributed by atoms with E-state index in [1.165, 1.54) is 24.0 Å². The van der Waals surface area contributed by atoms with E-state index in [0.717, 1.165) is 51.0 Å². The lowest BCUT2D eigenvalue weighted by atomic mass is 9.94.